The molecule has 0 bridgehead atoms. The van der Waals surface area contributed by atoms with Gasteiger partial charge in [0.2, 0.25) is 5.91 Å². The van der Waals surface area contributed by atoms with Crippen molar-refractivity contribution in [3.05, 3.63) is 0 Å². The van der Waals surface area contributed by atoms with Crippen molar-refractivity contribution in [1.82, 2.24) is 10.6 Å². The molecule has 1 aliphatic heterocycles. The highest BCUT2D eigenvalue weighted by Gasteiger charge is 2.23. The van der Waals surface area contributed by atoms with Gasteiger partial charge >= 0.3 is 5.97 Å². The second-order valence-electron chi connectivity index (χ2n) is 5.49. The Morgan fingerprint density at radius 2 is 2.17 bits per heavy atom. The predicted octanol–water partition coefficient (Wildman–Crippen LogP) is 0.992. The maximum Gasteiger partial charge on any atom is 0.303 e. The first kappa shape index (κ1) is 15.0. The lowest BCUT2D eigenvalue weighted by Crippen LogP contribution is -2.42. The van der Waals surface area contributed by atoms with E-state index in [1.165, 1.54) is 0 Å². The first-order chi connectivity index (χ1) is 8.49. The summed E-state index contributed by atoms with van der Waals surface area (Å²) in [7, 11) is 0. The zero-order chi connectivity index (χ0) is 13.5. The van der Waals surface area contributed by atoms with Crippen LogP contribution in [-0.4, -0.2) is 36.1 Å². The molecule has 1 amide bonds. The topological polar surface area (TPSA) is 78.4 Å². The van der Waals surface area contributed by atoms with Crippen LogP contribution in [-0.2, 0) is 9.59 Å². The Morgan fingerprint density at radius 3 is 2.67 bits per heavy atom. The summed E-state index contributed by atoms with van der Waals surface area (Å²) in [5.41, 5.74) is 0. The van der Waals surface area contributed by atoms with Gasteiger partial charge in [-0.3, -0.25) is 9.59 Å². The van der Waals surface area contributed by atoms with E-state index < -0.39 is 5.97 Å². The number of aliphatic carboxylic acids is 1. The van der Waals surface area contributed by atoms with Crippen molar-refractivity contribution in [1.29, 1.82) is 0 Å². The fourth-order valence-corrected chi connectivity index (χ4v) is 2.43. The molecule has 1 heterocycles. The molecule has 1 saturated heterocycles. The first-order valence-corrected chi connectivity index (χ1v) is 6.72. The van der Waals surface area contributed by atoms with Crippen LogP contribution in [0.1, 0.15) is 39.5 Å². The molecular weight excluding hydrogens is 232 g/mol. The normalized spacial score (nSPS) is 20.9. The van der Waals surface area contributed by atoms with Gasteiger partial charge in [0, 0.05) is 13.0 Å². The number of carboxylic acid groups (broad SMARTS) is 1. The minimum atomic E-state index is -0.797. The average Bonchev–Trinajstić information content (AvgIpc) is 2.77. The molecule has 5 heteroatoms. The lowest BCUT2D eigenvalue weighted by Gasteiger charge is -2.19. The molecule has 18 heavy (non-hydrogen) atoms. The third-order valence-corrected chi connectivity index (χ3v) is 3.21. The molecule has 5 nitrogen and oxygen atoms in total. The fraction of sp³-hybridized carbons (Fsp3) is 0.846. The van der Waals surface area contributed by atoms with Gasteiger partial charge in [0.1, 0.15) is 0 Å². The molecular formula is C13H24N2O3. The van der Waals surface area contributed by atoms with Gasteiger partial charge < -0.3 is 15.7 Å². The van der Waals surface area contributed by atoms with E-state index in [4.69, 9.17) is 5.11 Å². The lowest BCUT2D eigenvalue weighted by atomic mass is 9.94. The zero-order valence-corrected chi connectivity index (χ0v) is 11.2. The largest absolute Gasteiger partial charge is 0.481 e. The molecule has 0 spiro atoms. The highest BCUT2D eigenvalue weighted by molar-refractivity contribution is 5.82. The Balaban J connectivity index is 2.35. The number of carbonyl (C=O) groups is 2. The number of carboxylic acids is 1. The van der Waals surface area contributed by atoms with Gasteiger partial charge in [-0.05, 0) is 37.6 Å². The molecule has 1 fully saturated rings. The Kier molecular flexibility index (Phi) is 6.12. The van der Waals surface area contributed by atoms with E-state index in [0.29, 0.717) is 12.5 Å². The third kappa shape index (κ3) is 5.49. The van der Waals surface area contributed by atoms with Gasteiger partial charge in [-0.2, -0.15) is 0 Å². The van der Waals surface area contributed by atoms with E-state index in [-0.39, 0.29) is 24.3 Å². The Bertz CT molecular complexity index is 286. The fourth-order valence-electron chi connectivity index (χ4n) is 2.43. The van der Waals surface area contributed by atoms with Crippen molar-refractivity contribution in [3.63, 3.8) is 0 Å². The van der Waals surface area contributed by atoms with Crippen LogP contribution in [0.5, 0.6) is 0 Å². The van der Waals surface area contributed by atoms with Gasteiger partial charge in [-0.1, -0.05) is 13.8 Å². The number of hydrogen-bond donors (Lipinski definition) is 3. The number of nitrogens with one attached hydrogen (secondary N) is 2. The van der Waals surface area contributed by atoms with Crippen LogP contribution in [0.15, 0.2) is 0 Å². The molecule has 0 aromatic carbocycles. The highest BCUT2D eigenvalue weighted by atomic mass is 16.4. The molecule has 0 aromatic rings. The number of amides is 1. The number of carbonyl (C=O) groups excluding carboxylic acids is 1. The zero-order valence-electron chi connectivity index (χ0n) is 11.2. The van der Waals surface area contributed by atoms with Crippen LogP contribution < -0.4 is 10.6 Å². The molecule has 0 aliphatic carbocycles. The summed E-state index contributed by atoms with van der Waals surface area (Å²) >= 11 is 0. The van der Waals surface area contributed by atoms with Crippen LogP contribution in [0.25, 0.3) is 0 Å². The third-order valence-electron chi connectivity index (χ3n) is 3.21. The van der Waals surface area contributed by atoms with Crippen molar-refractivity contribution in [2.75, 3.05) is 13.1 Å². The summed E-state index contributed by atoms with van der Waals surface area (Å²) in [6.07, 6.45) is 2.85. The maximum absolute atomic E-state index is 11.8. The Hall–Kier alpha value is -1.10. The van der Waals surface area contributed by atoms with E-state index in [9.17, 15) is 9.59 Å². The second kappa shape index (κ2) is 7.36. The summed E-state index contributed by atoms with van der Waals surface area (Å²) in [6, 6.07) is -0.0884. The molecule has 0 unspecified atom stereocenters. The highest BCUT2D eigenvalue weighted by Crippen LogP contribution is 2.15. The van der Waals surface area contributed by atoms with Gasteiger partial charge in [-0.15, -0.1) is 0 Å². The summed E-state index contributed by atoms with van der Waals surface area (Å²) in [4.78, 5) is 22.6. The Morgan fingerprint density at radius 1 is 1.44 bits per heavy atom. The minimum absolute atomic E-state index is 0.00615. The molecule has 0 saturated carbocycles. The number of rotatable bonds is 7. The van der Waals surface area contributed by atoms with E-state index >= 15 is 0 Å². The minimum Gasteiger partial charge on any atom is -0.481 e. The second-order valence-corrected chi connectivity index (χ2v) is 5.49. The molecule has 2 atom stereocenters. The quantitative estimate of drug-likeness (QED) is 0.635. The summed E-state index contributed by atoms with van der Waals surface area (Å²) in [5.74, 6) is -0.329. The predicted molar refractivity (Wildman–Crippen MR) is 69.2 cm³/mol. The van der Waals surface area contributed by atoms with E-state index in [0.717, 1.165) is 25.8 Å². The smallest absolute Gasteiger partial charge is 0.303 e. The summed E-state index contributed by atoms with van der Waals surface area (Å²) in [6.45, 7) is 5.48. The van der Waals surface area contributed by atoms with Crippen LogP contribution in [0.4, 0.5) is 0 Å². The van der Waals surface area contributed by atoms with E-state index in [1.807, 2.05) is 0 Å². The number of hydrogen-bond acceptors (Lipinski definition) is 3. The van der Waals surface area contributed by atoms with Crippen molar-refractivity contribution >= 4 is 11.9 Å². The van der Waals surface area contributed by atoms with Crippen LogP contribution >= 0.6 is 0 Å². The van der Waals surface area contributed by atoms with Crippen LogP contribution in [0.3, 0.4) is 0 Å². The van der Waals surface area contributed by atoms with E-state index in [1.54, 1.807) is 0 Å². The molecule has 1 rings (SSSR count). The van der Waals surface area contributed by atoms with Gasteiger partial charge in [0.05, 0.1) is 6.04 Å². The van der Waals surface area contributed by atoms with Gasteiger partial charge in [0.25, 0.3) is 0 Å². The van der Waals surface area contributed by atoms with Gasteiger partial charge in [0.15, 0.2) is 0 Å². The Labute approximate surface area is 108 Å². The van der Waals surface area contributed by atoms with Gasteiger partial charge in [-0.25, -0.2) is 0 Å². The lowest BCUT2D eigenvalue weighted by molar-refractivity contribution is -0.138. The standard InChI is InChI=1S/C13H24N2O3/c1-9(2)6-10(7-12(16)17)8-15-13(18)11-4-3-5-14-11/h9-11,14H,3-8H2,1-2H3,(H,15,18)(H,16,17)/t10-,11-/m1/s1. The molecule has 3 N–H and O–H groups in total. The monoisotopic (exact) mass is 256 g/mol. The summed E-state index contributed by atoms with van der Waals surface area (Å²) in [5, 5.41) is 14.9. The van der Waals surface area contributed by atoms with Crippen molar-refractivity contribution in [2.24, 2.45) is 11.8 Å². The SMILES string of the molecule is CC(C)C[C@@H](CNC(=O)[C@H]1CCCN1)CC(=O)O. The first-order valence-electron chi connectivity index (χ1n) is 6.72. The van der Waals surface area contributed by atoms with Crippen LogP contribution in [0.2, 0.25) is 0 Å². The molecule has 0 aromatic heterocycles. The maximum atomic E-state index is 11.8. The van der Waals surface area contributed by atoms with E-state index in [2.05, 4.69) is 24.5 Å². The summed E-state index contributed by atoms with van der Waals surface area (Å²) < 4.78 is 0. The van der Waals surface area contributed by atoms with Crippen molar-refractivity contribution in [2.45, 2.75) is 45.6 Å². The molecule has 1 aliphatic rings. The van der Waals surface area contributed by atoms with Crippen molar-refractivity contribution in [3.8, 4) is 0 Å². The van der Waals surface area contributed by atoms with Crippen LogP contribution in [0, 0.1) is 11.8 Å². The van der Waals surface area contributed by atoms with Crippen molar-refractivity contribution < 1.29 is 14.7 Å². The average molecular weight is 256 g/mol. The molecule has 0 radical (unpaired) electrons. The molecule has 104 valence electrons.